The summed E-state index contributed by atoms with van der Waals surface area (Å²) in [6.45, 7) is -0.241. The van der Waals surface area contributed by atoms with Crippen LogP contribution >= 0.6 is 0 Å². The molecule has 0 saturated heterocycles. The van der Waals surface area contributed by atoms with Gasteiger partial charge in [-0.2, -0.15) is 0 Å². The summed E-state index contributed by atoms with van der Waals surface area (Å²) in [4.78, 5) is 15.8. The molecule has 0 aliphatic carbocycles. The van der Waals surface area contributed by atoms with Crippen LogP contribution in [0.5, 0.6) is 5.75 Å². The minimum Gasteiger partial charge on any atom is -0.410 e. The lowest BCUT2D eigenvalue weighted by molar-refractivity contribution is 0.215. The van der Waals surface area contributed by atoms with E-state index in [1.165, 1.54) is 0 Å². The predicted octanol–water partition coefficient (Wildman–Crippen LogP) is 2.04. The number of carbonyl (C=O) groups excluding carboxylic acids is 1. The van der Waals surface area contributed by atoms with E-state index in [0.717, 1.165) is 0 Å². The number of hydrogen-bond acceptors (Lipinski definition) is 4. The Morgan fingerprint density at radius 3 is 2.75 bits per heavy atom. The topological polar surface area (TPSA) is 71.5 Å². The van der Waals surface area contributed by atoms with Crippen LogP contribution in [-0.4, -0.2) is 22.8 Å². The van der Waals surface area contributed by atoms with Gasteiger partial charge in [-0.3, -0.25) is 5.32 Å². The fraction of sp³-hybridized carbons (Fsp3) is 0.0667. The van der Waals surface area contributed by atoms with E-state index in [2.05, 4.69) is 22.1 Å². The Kier molecular flexibility index (Phi) is 4.70. The molecule has 2 rings (SSSR count). The van der Waals surface area contributed by atoms with Crippen molar-refractivity contribution in [1.29, 1.82) is 0 Å². The first kappa shape index (κ1) is 13.6. The van der Waals surface area contributed by atoms with Crippen molar-refractivity contribution in [3.05, 3.63) is 54.2 Å². The highest BCUT2D eigenvalue weighted by Crippen LogP contribution is 2.10. The number of benzene rings is 1. The number of aliphatic hydroxyl groups is 1. The van der Waals surface area contributed by atoms with E-state index < -0.39 is 6.09 Å². The molecule has 0 spiro atoms. The monoisotopic (exact) mass is 268 g/mol. The molecule has 0 fully saturated rings. The number of aliphatic hydroxyl groups excluding tert-OH is 1. The molecule has 0 bridgehead atoms. The van der Waals surface area contributed by atoms with Gasteiger partial charge >= 0.3 is 6.09 Å². The van der Waals surface area contributed by atoms with E-state index in [1.807, 2.05) is 6.07 Å². The van der Waals surface area contributed by atoms with Gasteiger partial charge in [-0.05, 0) is 30.2 Å². The average Bonchev–Trinajstić information content (AvgIpc) is 2.46. The summed E-state index contributed by atoms with van der Waals surface area (Å²) in [6.07, 6.45) is -0.629. The minimum absolute atomic E-state index is 0.241. The zero-order valence-electron chi connectivity index (χ0n) is 10.5. The number of para-hydroxylation sites is 1. The first-order chi connectivity index (χ1) is 9.78. The SMILES string of the molecule is O=C(Nc1cccc(C#CCO)n1)Oc1ccccc1. The lowest BCUT2D eigenvalue weighted by Crippen LogP contribution is -2.17. The summed E-state index contributed by atoms with van der Waals surface area (Å²) < 4.78 is 5.07. The summed E-state index contributed by atoms with van der Waals surface area (Å²) in [5, 5.41) is 11.1. The zero-order chi connectivity index (χ0) is 14.2. The van der Waals surface area contributed by atoms with Crippen molar-refractivity contribution in [2.24, 2.45) is 0 Å². The van der Waals surface area contributed by atoms with Gasteiger partial charge in [0.25, 0.3) is 0 Å². The molecule has 0 atom stereocenters. The smallest absolute Gasteiger partial charge is 0.410 e. The summed E-state index contributed by atoms with van der Waals surface area (Å²) >= 11 is 0. The number of hydrogen-bond donors (Lipinski definition) is 2. The van der Waals surface area contributed by atoms with E-state index in [1.54, 1.807) is 42.5 Å². The molecule has 2 aromatic rings. The van der Waals surface area contributed by atoms with Gasteiger partial charge in [0, 0.05) is 0 Å². The van der Waals surface area contributed by atoms with Crippen LogP contribution in [-0.2, 0) is 0 Å². The van der Waals surface area contributed by atoms with E-state index in [4.69, 9.17) is 9.84 Å². The van der Waals surface area contributed by atoms with Crippen LogP contribution in [0.25, 0.3) is 0 Å². The molecule has 1 aromatic heterocycles. The van der Waals surface area contributed by atoms with Gasteiger partial charge in [0.1, 0.15) is 23.9 Å². The molecule has 1 aromatic carbocycles. The largest absolute Gasteiger partial charge is 0.418 e. The molecule has 1 heterocycles. The highest BCUT2D eigenvalue weighted by atomic mass is 16.6. The molecule has 0 aliphatic heterocycles. The number of carbonyl (C=O) groups is 1. The van der Waals surface area contributed by atoms with E-state index in [9.17, 15) is 4.79 Å². The minimum atomic E-state index is -0.629. The van der Waals surface area contributed by atoms with Crippen molar-refractivity contribution < 1.29 is 14.6 Å². The van der Waals surface area contributed by atoms with Gasteiger partial charge in [-0.1, -0.05) is 30.2 Å². The number of nitrogens with one attached hydrogen (secondary N) is 1. The Morgan fingerprint density at radius 1 is 1.20 bits per heavy atom. The van der Waals surface area contributed by atoms with Crippen LogP contribution in [0, 0.1) is 11.8 Å². The van der Waals surface area contributed by atoms with Gasteiger partial charge in [-0.15, -0.1) is 0 Å². The van der Waals surface area contributed by atoms with Crippen LogP contribution in [0.2, 0.25) is 0 Å². The molecule has 0 aliphatic rings. The molecule has 100 valence electrons. The lowest BCUT2D eigenvalue weighted by Gasteiger charge is -2.05. The molecular formula is C15H12N2O3. The highest BCUT2D eigenvalue weighted by Gasteiger charge is 2.05. The van der Waals surface area contributed by atoms with Gasteiger partial charge in [-0.25, -0.2) is 9.78 Å². The maximum Gasteiger partial charge on any atom is 0.418 e. The molecule has 0 unspecified atom stereocenters. The summed E-state index contributed by atoms with van der Waals surface area (Å²) in [6, 6.07) is 13.7. The fourth-order valence-electron chi connectivity index (χ4n) is 1.43. The predicted molar refractivity (Wildman–Crippen MR) is 74.3 cm³/mol. The first-order valence-corrected chi connectivity index (χ1v) is 5.88. The number of rotatable bonds is 2. The maximum absolute atomic E-state index is 11.7. The summed E-state index contributed by atoms with van der Waals surface area (Å²) in [7, 11) is 0. The second-order valence-corrected chi connectivity index (χ2v) is 3.70. The normalized spacial score (nSPS) is 9.25. The van der Waals surface area contributed by atoms with Crippen LogP contribution in [0.4, 0.5) is 10.6 Å². The number of aromatic nitrogens is 1. The van der Waals surface area contributed by atoms with Crippen LogP contribution in [0.3, 0.4) is 0 Å². The van der Waals surface area contributed by atoms with Gasteiger partial charge < -0.3 is 9.84 Å². The molecule has 1 amide bonds. The van der Waals surface area contributed by atoms with Crippen molar-refractivity contribution in [3.63, 3.8) is 0 Å². The first-order valence-electron chi connectivity index (χ1n) is 5.88. The van der Waals surface area contributed by atoms with E-state index in [0.29, 0.717) is 17.3 Å². The van der Waals surface area contributed by atoms with E-state index >= 15 is 0 Å². The third kappa shape index (κ3) is 4.12. The quantitative estimate of drug-likeness (QED) is 0.818. The summed E-state index contributed by atoms with van der Waals surface area (Å²) in [5.74, 6) is 5.91. The third-order valence-corrected chi connectivity index (χ3v) is 2.23. The Bertz CT molecular complexity index is 645. The molecule has 20 heavy (non-hydrogen) atoms. The molecule has 0 radical (unpaired) electrons. The zero-order valence-corrected chi connectivity index (χ0v) is 10.5. The summed E-state index contributed by atoms with van der Waals surface area (Å²) in [5.41, 5.74) is 0.455. The second kappa shape index (κ2) is 6.92. The Morgan fingerprint density at radius 2 is 2.00 bits per heavy atom. The van der Waals surface area contributed by atoms with Gasteiger partial charge in [0.05, 0.1) is 0 Å². The number of amides is 1. The Balaban J connectivity index is 2.01. The maximum atomic E-state index is 11.7. The van der Waals surface area contributed by atoms with Crippen molar-refractivity contribution in [2.75, 3.05) is 11.9 Å². The van der Waals surface area contributed by atoms with Gasteiger partial charge in [0.2, 0.25) is 0 Å². The number of ether oxygens (including phenoxy) is 1. The average molecular weight is 268 g/mol. The third-order valence-electron chi connectivity index (χ3n) is 2.23. The van der Waals surface area contributed by atoms with Crippen molar-refractivity contribution >= 4 is 11.9 Å². The lowest BCUT2D eigenvalue weighted by atomic mass is 10.3. The van der Waals surface area contributed by atoms with Crippen LogP contribution < -0.4 is 10.1 Å². The molecule has 5 heteroatoms. The fourth-order valence-corrected chi connectivity index (χ4v) is 1.43. The Hall–Kier alpha value is -2.84. The number of anilines is 1. The molecule has 2 N–H and O–H groups in total. The van der Waals surface area contributed by atoms with Crippen LogP contribution in [0.1, 0.15) is 5.69 Å². The van der Waals surface area contributed by atoms with Crippen molar-refractivity contribution in [3.8, 4) is 17.6 Å². The highest BCUT2D eigenvalue weighted by molar-refractivity contribution is 5.85. The molecule has 0 saturated carbocycles. The molecular weight excluding hydrogens is 256 g/mol. The standard InChI is InChI=1S/C15H12N2O3/c18-11-5-7-12-6-4-10-14(16-12)17-15(19)20-13-8-2-1-3-9-13/h1-4,6,8-10,18H,11H2,(H,16,17,19). The van der Waals surface area contributed by atoms with E-state index in [-0.39, 0.29) is 6.61 Å². The number of pyridine rings is 1. The van der Waals surface area contributed by atoms with Crippen molar-refractivity contribution in [1.82, 2.24) is 4.98 Å². The van der Waals surface area contributed by atoms with Crippen molar-refractivity contribution in [2.45, 2.75) is 0 Å². The number of nitrogens with zero attached hydrogens (tertiary/aromatic N) is 1. The second-order valence-electron chi connectivity index (χ2n) is 3.70. The molecule has 5 nitrogen and oxygen atoms in total. The van der Waals surface area contributed by atoms with Gasteiger partial charge in [0.15, 0.2) is 0 Å². The van der Waals surface area contributed by atoms with Crippen LogP contribution in [0.15, 0.2) is 48.5 Å². The Labute approximate surface area is 116 Å².